The molecule has 3 rings (SSSR count). The molecule has 18 heavy (non-hydrogen) atoms. The Morgan fingerprint density at radius 3 is 2.89 bits per heavy atom. The van der Waals surface area contributed by atoms with Crippen LogP contribution in [-0.2, 0) is 4.79 Å². The number of nitrogens with zero attached hydrogens (tertiary/aromatic N) is 2. The molecule has 0 aliphatic carbocycles. The molecule has 3 saturated heterocycles. The van der Waals surface area contributed by atoms with Crippen LogP contribution in [0.25, 0.3) is 0 Å². The third-order valence-electron chi connectivity index (χ3n) is 4.97. The van der Waals surface area contributed by atoms with Crippen molar-refractivity contribution in [2.45, 2.75) is 50.6 Å². The van der Waals surface area contributed by atoms with Gasteiger partial charge in [0.15, 0.2) is 0 Å². The summed E-state index contributed by atoms with van der Waals surface area (Å²) in [4.78, 5) is 17.3. The number of fused-ring (bicyclic) bond motifs is 1. The Morgan fingerprint density at radius 1 is 1.22 bits per heavy atom. The third-order valence-corrected chi connectivity index (χ3v) is 4.97. The molecule has 3 aliphatic rings. The summed E-state index contributed by atoms with van der Waals surface area (Å²) in [6, 6.07) is 0.626. The number of rotatable bonds is 1. The normalized spacial score (nSPS) is 37.6. The van der Waals surface area contributed by atoms with Gasteiger partial charge in [-0.1, -0.05) is 6.42 Å². The van der Waals surface area contributed by atoms with E-state index in [2.05, 4.69) is 22.0 Å². The van der Waals surface area contributed by atoms with E-state index in [0.717, 1.165) is 39.0 Å². The van der Waals surface area contributed by atoms with Gasteiger partial charge in [-0.05, 0) is 45.7 Å². The lowest BCUT2D eigenvalue weighted by Crippen LogP contribution is -2.61. The van der Waals surface area contributed by atoms with Crippen molar-refractivity contribution in [2.24, 2.45) is 0 Å². The molecule has 0 aromatic heterocycles. The average Bonchev–Trinajstić information content (AvgIpc) is 2.85. The van der Waals surface area contributed by atoms with Crippen molar-refractivity contribution in [1.29, 1.82) is 0 Å². The fraction of sp³-hybridized carbons (Fsp3) is 0.929. The number of hydrogen-bond acceptors (Lipinski definition) is 3. The maximum Gasteiger partial charge on any atom is 0.242 e. The predicted octanol–water partition coefficient (Wildman–Crippen LogP) is 0.825. The van der Waals surface area contributed by atoms with Gasteiger partial charge in [-0.25, -0.2) is 0 Å². The van der Waals surface area contributed by atoms with Gasteiger partial charge in [-0.15, -0.1) is 0 Å². The van der Waals surface area contributed by atoms with Crippen LogP contribution in [0.5, 0.6) is 0 Å². The van der Waals surface area contributed by atoms with Crippen LogP contribution in [0, 0.1) is 0 Å². The molecule has 102 valence electrons. The Bertz CT molecular complexity index is 325. The highest BCUT2D eigenvalue weighted by Gasteiger charge is 2.41. The molecule has 1 N–H and O–H groups in total. The molecule has 3 heterocycles. The molecule has 1 amide bonds. The minimum absolute atomic E-state index is 0.281. The maximum atomic E-state index is 12.6. The number of carbonyl (C=O) groups excluding carboxylic acids is 1. The van der Waals surface area contributed by atoms with Gasteiger partial charge in [0, 0.05) is 25.7 Å². The number of piperidine rings is 1. The monoisotopic (exact) mass is 251 g/mol. The second-order valence-electron chi connectivity index (χ2n) is 6.30. The molecule has 3 fully saturated rings. The van der Waals surface area contributed by atoms with Crippen LogP contribution in [0.1, 0.15) is 39.0 Å². The Labute approximate surface area is 110 Å². The van der Waals surface area contributed by atoms with Gasteiger partial charge < -0.3 is 10.2 Å². The number of amides is 1. The van der Waals surface area contributed by atoms with E-state index in [1.165, 1.54) is 25.8 Å². The Kier molecular flexibility index (Phi) is 3.32. The highest BCUT2D eigenvalue weighted by molar-refractivity contribution is 5.86. The first-order valence-electron chi connectivity index (χ1n) is 7.47. The second kappa shape index (κ2) is 4.82. The summed E-state index contributed by atoms with van der Waals surface area (Å²) in [5.41, 5.74) is -0.281. The molecule has 4 heteroatoms. The molecular formula is C14H25N3O. The van der Waals surface area contributed by atoms with Gasteiger partial charge in [0.2, 0.25) is 5.91 Å². The van der Waals surface area contributed by atoms with Crippen molar-refractivity contribution in [2.75, 3.05) is 32.7 Å². The van der Waals surface area contributed by atoms with Crippen LogP contribution in [-0.4, -0.2) is 60.0 Å². The van der Waals surface area contributed by atoms with Crippen molar-refractivity contribution < 1.29 is 4.79 Å². The third kappa shape index (κ3) is 2.16. The molecule has 2 unspecified atom stereocenters. The number of carbonyl (C=O) groups is 1. The van der Waals surface area contributed by atoms with Crippen molar-refractivity contribution in [3.8, 4) is 0 Å². The number of hydrogen-bond donors (Lipinski definition) is 1. The minimum atomic E-state index is -0.281. The first-order chi connectivity index (χ1) is 8.69. The highest BCUT2D eigenvalue weighted by Crippen LogP contribution is 2.25. The summed E-state index contributed by atoms with van der Waals surface area (Å²) in [5, 5.41) is 3.40. The molecule has 3 aliphatic heterocycles. The molecule has 0 spiro atoms. The van der Waals surface area contributed by atoms with Crippen molar-refractivity contribution in [3.63, 3.8) is 0 Å². The Morgan fingerprint density at radius 2 is 2.11 bits per heavy atom. The van der Waals surface area contributed by atoms with Gasteiger partial charge in [-0.3, -0.25) is 9.69 Å². The summed E-state index contributed by atoms with van der Waals surface area (Å²) in [5.74, 6) is 0.338. The van der Waals surface area contributed by atoms with Crippen molar-refractivity contribution >= 4 is 5.91 Å². The summed E-state index contributed by atoms with van der Waals surface area (Å²) < 4.78 is 0. The summed E-state index contributed by atoms with van der Waals surface area (Å²) in [6.07, 6.45) is 6.07. The van der Waals surface area contributed by atoms with Crippen LogP contribution in [0.15, 0.2) is 0 Å². The van der Waals surface area contributed by atoms with E-state index in [4.69, 9.17) is 0 Å². The fourth-order valence-electron chi connectivity index (χ4n) is 3.77. The Balaban J connectivity index is 1.64. The summed E-state index contributed by atoms with van der Waals surface area (Å²) in [7, 11) is 0. The Hall–Kier alpha value is -0.610. The molecule has 0 saturated carbocycles. The fourth-order valence-corrected chi connectivity index (χ4v) is 3.77. The molecule has 2 atom stereocenters. The quantitative estimate of drug-likeness (QED) is 0.749. The van der Waals surface area contributed by atoms with E-state index in [1.54, 1.807) is 0 Å². The largest absolute Gasteiger partial charge is 0.338 e. The van der Waals surface area contributed by atoms with E-state index in [-0.39, 0.29) is 5.54 Å². The zero-order valence-electron chi connectivity index (χ0n) is 11.5. The summed E-state index contributed by atoms with van der Waals surface area (Å²) in [6.45, 7) is 7.26. The molecule has 0 bridgehead atoms. The zero-order chi connectivity index (χ0) is 12.6. The van der Waals surface area contributed by atoms with Crippen LogP contribution in [0.2, 0.25) is 0 Å². The standard InChI is InChI=1S/C14H25N3O/c1-14(6-4-7-15-14)13(18)17-10-9-16-8-3-2-5-12(16)11-17/h12,15H,2-11H2,1H3. The lowest BCUT2D eigenvalue weighted by atomic mass is 9.95. The first-order valence-corrected chi connectivity index (χ1v) is 7.47. The van der Waals surface area contributed by atoms with Crippen molar-refractivity contribution in [3.05, 3.63) is 0 Å². The van der Waals surface area contributed by atoms with Gasteiger partial charge in [0.05, 0.1) is 5.54 Å². The molecule has 4 nitrogen and oxygen atoms in total. The van der Waals surface area contributed by atoms with Gasteiger partial charge in [0.1, 0.15) is 0 Å². The molecule has 0 aromatic carbocycles. The van der Waals surface area contributed by atoms with E-state index in [1.807, 2.05) is 0 Å². The van der Waals surface area contributed by atoms with Crippen LogP contribution < -0.4 is 5.32 Å². The maximum absolute atomic E-state index is 12.6. The van der Waals surface area contributed by atoms with E-state index in [0.29, 0.717) is 11.9 Å². The molecule has 0 radical (unpaired) electrons. The lowest BCUT2D eigenvalue weighted by molar-refractivity contribution is -0.140. The second-order valence-corrected chi connectivity index (χ2v) is 6.30. The SMILES string of the molecule is CC1(C(=O)N2CCN3CCCCC3C2)CCCN1. The average molecular weight is 251 g/mol. The van der Waals surface area contributed by atoms with Gasteiger partial charge in [-0.2, -0.15) is 0 Å². The van der Waals surface area contributed by atoms with E-state index >= 15 is 0 Å². The van der Waals surface area contributed by atoms with Gasteiger partial charge in [0.25, 0.3) is 0 Å². The van der Waals surface area contributed by atoms with E-state index in [9.17, 15) is 4.79 Å². The first kappa shape index (κ1) is 12.4. The molecule has 0 aromatic rings. The van der Waals surface area contributed by atoms with Crippen LogP contribution in [0.4, 0.5) is 0 Å². The highest BCUT2D eigenvalue weighted by atomic mass is 16.2. The smallest absolute Gasteiger partial charge is 0.242 e. The topological polar surface area (TPSA) is 35.6 Å². The molecular weight excluding hydrogens is 226 g/mol. The predicted molar refractivity (Wildman–Crippen MR) is 71.4 cm³/mol. The zero-order valence-corrected chi connectivity index (χ0v) is 11.5. The lowest BCUT2D eigenvalue weighted by Gasteiger charge is -2.45. The van der Waals surface area contributed by atoms with Crippen LogP contribution >= 0.6 is 0 Å². The summed E-state index contributed by atoms with van der Waals surface area (Å²) >= 11 is 0. The van der Waals surface area contributed by atoms with Crippen molar-refractivity contribution in [1.82, 2.24) is 15.1 Å². The van der Waals surface area contributed by atoms with Crippen LogP contribution in [0.3, 0.4) is 0 Å². The number of nitrogens with one attached hydrogen (secondary N) is 1. The minimum Gasteiger partial charge on any atom is -0.338 e. The number of piperazine rings is 1. The van der Waals surface area contributed by atoms with Gasteiger partial charge >= 0.3 is 0 Å². The van der Waals surface area contributed by atoms with E-state index < -0.39 is 0 Å².